The van der Waals surface area contributed by atoms with Gasteiger partial charge >= 0.3 is 0 Å². The monoisotopic (exact) mass is 202 g/mol. The minimum atomic E-state index is -1.41. The average molecular weight is 202 g/mol. The zero-order valence-corrected chi connectivity index (χ0v) is 7.67. The SMILES string of the molecule is C#CCCOC1CC(O)C(O)C(O)O1. The van der Waals surface area contributed by atoms with Crippen molar-refractivity contribution in [3.8, 4) is 12.3 Å². The number of aliphatic hydroxyl groups is 3. The molecule has 1 aliphatic heterocycles. The largest absolute Gasteiger partial charge is 0.390 e. The average Bonchev–Trinajstić information content (AvgIpc) is 2.14. The fraction of sp³-hybridized carbons (Fsp3) is 0.778. The molecule has 5 heteroatoms. The summed E-state index contributed by atoms with van der Waals surface area (Å²) in [4.78, 5) is 0. The molecule has 1 aliphatic rings. The molecule has 0 amide bonds. The molecule has 0 radical (unpaired) electrons. The van der Waals surface area contributed by atoms with Crippen LogP contribution in [0, 0.1) is 12.3 Å². The van der Waals surface area contributed by atoms with Crippen molar-refractivity contribution in [3.63, 3.8) is 0 Å². The molecule has 1 rings (SSSR count). The minimum absolute atomic E-state index is 0.128. The molecule has 1 fully saturated rings. The molecule has 1 heterocycles. The molecular weight excluding hydrogens is 188 g/mol. The van der Waals surface area contributed by atoms with E-state index in [1.165, 1.54) is 0 Å². The second-order valence-electron chi connectivity index (χ2n) is 3.07. The molecule has 0 aromatic heterocycles. The quantitative estimate of drug-likeness (QED) is 0.396. The Labute approximate surface area is 82.3 Å². The van der Waals surface area contributed by atoms with Crippen molar-refractivity contribution in [2.45, 2.75) is 37.6 Å². The number of hydrogen-bond donors (Lipinski definition) is 3. The summed E-state index contributed by atoms with van der Waals surface area (Å²) in [6, 6.07) is 0. The minimum Gasteiger partial charge on any atom is -0.390 e. The van der Waals surface area contributed by atoms with E-state index >= 15 is 0 Å². The second-order valence-corrected chi connectivity index (χ2v) is 3.07. The maximum atomic E-state index is 9.26. The lowest BCUT2D eigenvalue weighted by molar-refractivity contribution is -0.305. The maximum absolute atomic E-state index is 9.26. The summed E-state index contributed by atoms with van der Waals surface area (Å²) in [5, 5.41) is 27.5. The number of terminal acetylenes is 1. The van der Waals surface area contributed by atoms with Crippen LogP contribution < -0.4 is 0 Å². The van der Waals surface area contributed by atoms with Crippen molar-refractivity contribution in [1.29, 1.82) is 0 Å². The topological polar surface area (TPSA) is 79.2 Å². The highest BCUT2D eigenvalue weighted by atomic mass is 16.7. The Balaban J connectivity index is 2.31. The van der Waals surface area contributed by atoms with E-state index in [1.54, 1.807) is 0 Å². The van der Waals surface area contributed by atoms with Crippen molar-refractivity contribution in [3.05, 3.63) is 0 Å². The summed E-state index contributed by atoms with van der Waals surface area (Å²) < 4.78 is 9.99. The van der Waals surface area contributed by atoms with Crippen molar-refractivity contribution in [2.75, 3.05) is 6.61 Å². The summed E-state index contributed by atoms with van der Waals surface area (Å²) in [6.07, 6.45) is 1.15. The molecule has 14 heavy (non-hydrogen) atoms. The van der Waals surface area contributed by atoms with E-state index in [9.17, 15) is 5.11 Å². The van der Waals surface area contributed by atoms with Gasteiger partial charge in [0.15, 0.2) is 12.6 Å². The van der Waals surface area contributed by atoms with Gasteiger partial charge in [-0.2, -0.15) is 0 Å². The third-order valence-corrected chi connectivity index (χ3v) is 1.96. The van der Waals surface area contributed by atoms with E-state index in [0.717, 1.165) is 0 Å². The summed E-state index contributed by atoms with van der Waals surface area (Å²) in [7, 11) is 0. The van der Waals surface area contributed by atoms with Gasteiger partial charge in [0.1, 0.15) is 6.10 Å². The van der Waals surface area contributed by atoms with Crippen LogP contribution in [0.25, 0.3) is 0 Å². The van der Waals surface area contributed by atoms with E-state index < -0.39 is 24.8 Å². The Bertz CT molecular complexity index is 200. The van der Waals surface area contributed by atoms with Crippen LogP contribution in [0.15, 0.2) is 0 Å². The summed E-state index contributed by atoms with van der Waals surface area (Å²) in [5.41, 5.74) is 0. The van der Waals surface area contributed by atoms with Crippen molar-refractivity contribution in [2.24, 2.45) is 0 Å². The van der Waals surface area contributed by atoms with Crippen LogP contribution >= 0.6 is 0 Å². The van der Waals surface area contributed by atoms with Gasteiger partial charge in [0.25, 0.3) is 0 Å². The van der Waals surface area contributed by atoms with Crippen LogP contribution in [0.3, 0.4) is 0 Å². The van der Waals surface area contributed by atoms with Crippen LogP contribution in [0.1, 0.15) is 12.8 Å². The van der Waals surface area contributed by atoms with Crippen molar-refractivity contribution in [1.82, 2.24) is 0 Å². The first-order chi connectivity index (χ1) is 6.65. The smallest absolute Gasteiger partial charge is 0.186 e. The number of ether oxygens (including phenoxy) is 2. The van der Waals surface area contributed by atoms with Crippen LogP contribution in [-0.2, 0) is 9.47 Å². The third kappa shape index (κ3) is 2.94. The van der Waals surface area contributed by atoms with Gasteiger partial charge in [-0.15, -0.1) is 12.3 Å². The highest BCUT2D eigenvalue weighted by Crippen LogP contribution is 2.19. The van der Waals surface area contributed by atoms with Crippen LogP contribution in [-0.4, -0.2) is 46.7 Å². The Kier molecular flexibility index (Phi) is 4.32. The molecule has 0 aromatic rings. The first-order valence-electron chi connectivity index (χ1n) is 4.40. The summed E-state index contributed by atoms with van der Waals surface area (Å²) >= 11 is 0. The molecule has 5 nitrogen and oxygen atoms in total. The number of hydrogen-bond acceptors (Lipinski definition) is 5. The zero-order valence-electron chi connectivity index (χ0n) is 7.67. The Hall–Kier alpha value is -0.640. The summed E-state index contributed by atoms with van der Waals surface area (Å²) in [6.45, 7) is 0.302. The van der Waals surface area contributed by atoms with Crippen LogP contribution in [0.4, 0.5) is 0 Å². The fourth-order valence-electron chi connectivity index (χ4n) is 1.17. The predicted molar refractivity (Wildman–Crippen MR) is 46.9 cm³/mol. The molecule has 0 bridgehead atoms. The molecule has 0 aliphatic carbocycles. The molecule has 3 N–H and O–H groups in total. The third-order valence-electron chi connectivity index (χ3n) is 1.96. The highest BCUT2D eigenvalue weighted by Gasteiger charge is 2.35. The van der Waals surface area contributed by atoms with E-state index in [0.29, 0.717) is 13.0 Å². The lowest BCUT2D eigenvalue weighted by Crippen LogP contribution is -2.48. The first-order valence-corrected chi connectivity index (χ1v) is 4.40. The zero-order chi connectivity index (χ0) is 10.6. The van der Waals surface area contributed by atoms with Crippen molar-refractivity contribution >= 4 is 0 Å². The molecule has 4 unspecified atom stereocenters. The predicted octanol–water partition coefficient (Wildman–Crippen LogP) is -1.19. The van der Waals surface area contributed by atoms with Gasteiger partial charge in [-0.05, 0) is 0 Å². The lowest BCUT2D eigenvalue weighted by Gasteiger charge is -2.33. The van der Waals surface area contributed by atoms with Gasteiger partial charge in [0, 0.05) is 12.8 Å². The fourth-order valence-corrected chi connectivity index (χ4v) is 1.17. The molecule has 1 saturated heterocycles. The standard InChI is InChI=1S/C9H14O5/c1-2-3-4-13-7-5-6(10)8(11)9(12)14-7/h1,6-12H,3-5H2. The molecule has 80 valence electrons. The van der Waals surface area contributed by atoms with Gasteiger partial charge in [-0.3, -0.25) is 0 Å². The molecule has 4 atom stereocenters. The van der Waals surface area contributed by atoms with Crippen molar-refractivity contribution < 1.29 is 24.8 Å². The van der Waals surface area contributed by atoms with Gasteiger partial charge in [0.05, 0.1) is 12.7 Å². The Morgan fingerprint density at radius 3 is 2.71 bits per heavy atom. The van der Waals surface area contributed by atoms with E-state index in [4.69, 9.17) is 26.1 Å². The molecular formula is C9H14O5. The van der Waals surface area contributed by atoms with Gasteiger partial charge in [-0.1, -0.05) is 0 Å². The van der Waals surface area contributed by atoms with Crippen LogP contribution in [0.2, 0.25) is 0 Å². The second kappa shape index (κ2) is 5.29. The van der Waals surface area contributed by atoms with E-state index in [-0.39, 0.29) is 6.42 Å². The van der Waals surface area contributed by atoms with Gasteiger partial charge in [0.2, 0.25) is 0 Å². The highest BCUT2D eigenvalue weighted by molar-refractivity contribution is 4.83. The molecule has 0 aromatic carbocycles. The number of rotatable bonds is 3. The van der Waals surface area contributed by atoms with Gasteiger partial charge in [-0.25, -0.2) is 0 Å². The van der Waals surface area contributed by atoms with Crippen LogP contribution in [0.5, 0.6) is 0 Å². The van der Waals surface area contributed by atoms with E-state index in [2.05, 4.69) is 5.92 Å². The normalized spacial score (nSPS) is 37.9. The first kappa shape index (κ1) is 11.4. The van der Waals surface area contributed by atoms with E-state index in [1.807, 2.05) is 0 Å². The Morgan fingerprint density at radius 1 is 1.43 bits per heavy atom. The summed E-state index contributed by atoms with van der Waals surface area (Å²) in [5.74, 6) is 2.38. The lowest BCUT2D eigenvalue weighted by atomic mass is 10.1. The molecule has 0 spiro atoms. The maximum Gasteiger partial charge on any atom is 0.186 e. The Morgan fingerprint density at radius 2 is 2.14 bits per heavy atom. The molecule has 0 saturated carbocycles. The number of aliphatic hydroxyl groups excluding tert-OH is 3. The van der Waals surface area contributed by atoms with Gasteiger partial charge < -0.3 is 24.8 Å².